The molecule has 0 radical (unpaired) electrons. The van der Waals surface area contributed by atoms with Crippen LogP contribution >= 0.6 is 35.1 Å². The molecule has 3 heterocycles. The van der Waals surface area contributed by atoms with E-state index in [-0.39, 0.29) is 22.7 Å². The van der Waals surface area contributed by atoms with Crippen LogP contribution in [0.5, 0.6) is 0 Å². The Labute approximate surface area is 199 Å². The van der Waals surface area contributed by atoms with Gasteiger partial charge in [-0.05, 0) is 6.92 Å². The van der Waals surface area contributed by atoms with Crippen LogP contribution in [0.4, 0.5) is 5.95 Å². The third kappa shape index (κ3) is 5.92. The van der Waals surface area contributed by atoms with Crippen molar-refractivity contribution in [3.63, 3.8) is 0 Å². The summed E-state index contributed by atoms with van der Waals surface area (Å²) in [4.78, 5) is 56.4. The molecule has 22 heteroatoms. The molecule has 196 valence electrons. The number of hydrogen-bond acceptors (Lipinski definition) is 12. The van der Waals surface area contributed by atoms with Crippen molar-refractivity contribution in [3.8, 4) is 0 Å². The number of phosphoric acid groups is 3. The number of nitrogens with zero attached hydrogens (tertiary/aromatic N) is 3. The number of phosphoric ester groups is 1. The van der Waals surface area contributed by atoms with Crippen LogP contribution in [0.15, 0.2) is 23.3 Å². The van der Waals surface area contributed by atoms with Crippen molar-refractivity contribution in [2.45, 2.75) is 30.2 Å². The fourth-order valence-electron chi connectivity index (χ4n) is 3.20. The number of rotatable bonds is 9. The summed E-state index contributed by atoms with van der Waals surface area (Å²) < 4.78 is 52.8. The molecule has 0 spiro atoms. The van der Waals surface area contributed by atoms with Crippen molar-refractivity contribution in [2.24, 2.45) is 0 Å². The zero-order valence-electron chi connectivity index (χ0n) is 17.4. The molecule has 0 aromatic carbocycles. The standard InChI is InChI=1S/C13H19ClN5O13P3/c1-5(2)13(14)8(20)6(3-29-34(25,26)32-35(27,28)31-33(22,23)24)30-11(13)19-4-16-7-9(19)17-12(15)18-10(7)21/h4,6,8,11,20H,1,3H2,2H3,(H,25,26)(H,27,28)(H2,22,23,24)(H3,15,17,18,21)/t6-,8-,11-,13-/m1/s1. The Balaban J connectivity index is 1.87. The number of aromatic nitrogens is 4. The van der Waals surface area contributed by atoms with E-state index in [4.69, 9.17) is 31.9 Å². The van der Waals surface area contributed by atoms with E-state index < -0.39 is 58.9 Å². The molecule has 35 heavy (non-hydrogen) atoms. The summed E-state index contributed by atoms with van der Waals surface area (Å²) in [5.74, 6) is -0.262. The van der Waals surface area contributed by atoms with Gasteiger partial charge in [-0.2, -0.15) is 13.6 Å². The minimum absolute atomic E-state index is 0.0803. The molecular formula is C13H19ClN5O13P3. The Morgan fingerprint density at radius 1 is 1.31 bits per heavy atom. The Hall–Kier alpha value is -1.49. The Morgan fingerprint density at radius 2 is 1.94 bits per heavy atom. The molecule has 0 bridgehead atoms. The van der Waals surface area contributed by atoms with E-state index in [1.807, 2.05) is 0 Å². The van der Waals surface area contributed by atoms with Crippen molar-refractivity contribution >= 4 is 52.2 Å². The van der Waals surface area contributed by atoms with Gasteiger partial charge in [0.25, 0.3) is 5.56 Å². The van der Waals surface area contributed by atoms with Gasteiger partial charge in [0, 0.05) is 0 Å². The molecule has 1 fully saturated rings. The second-order valence-electron chi connectivity index (χ2n) is 7.18. The van der Waals surface area contributed by atoms with Gasteiger partial charge in [0.2, 0.25) is 5.95 Å². The maximum Gasteiger partial charge on any atom is 0.490 e. The SMILES string of the molecule is C=C(C)[C@@]1(Cl)[C@H](O)[C@@H](COP(=O)(O)OP(=O)(O)OP(=O)(O)O)O[C@H]1n1cnc2c(=O)[nH]c(N)nc21. The molecule has 2 aromatic rings. The van der Waals surface area contributed by atoms with Crippen LogP contribution in [0.2, 0.25) is 0 Å². The topological polar surface area (TPSA) is 279 Å². The van der Waals surface area contributed by atoms with Crippen molar-refractivity contribution in [3.05, 3.63) is 28.8 Å². The van der Waals surface area contributed by atoms with Crippen LogP contribution < -0.4 is 11.3 Å². The highest BCUT2D eigenvalue weighted by Gasteiger charge is 2.57. The second-order valence-corrected chi connectivity index (χ2v) is 12.2. The second kappa shape index (κ2) is 9.43. The normalized spacial score (nSPS) is 28.6. The number of alkyl halides is 1. The monoisotopic (exact) mass is 581 g/mol. The molecule has 1 aliphatic rings. The summed E-state index contributed by atoms with van der Waals surface area (Å²) in [6.07, 6.45) is -3.47. The van der Waals surface area contributed by atoms with Crippen LogP contribution in [-0.2, 0) is 31.6 Å². The van der Waals surface area contributed by atoms with Crippen molar-refractivity contribution < 1.29 is 56.3 Å². The molecular weight excluding hydrogens is 563 g/mol. The van der Waals surface area contributed by atoms with E-state index in [9.17, 15) is 33.4 Å². The average Bonchev–Trinajstić information content (AvgIpc) is 3.17. The summed E-state index contributed by atoms with van der Waals surface area (Å²) in [5.41, 5.74) is 4.82. The van der Waals surface area contributed by atoms with Gasteiger partial charge in [-0.25, -0.2) is 18.7 Å². The number of anilines is 1. The van der Waals surface area contributed by atoms with Gasteiger partial charge in [0.05, 0.1) is 12.9 Å². The number of ether oxygens (including phenoxy) is 1. The van der Waals surface area contributed by atoms with E-state index in [0.29, 0.717) is 0 Å². The third-order valence-electron chi connectivity index (χ3n) is 4.62. The minimum Gasteiger partial charge on any atom is -0.388 e. The fraction of sp³-hybridized carbons (Fsp3) is 0.462. The van der Waals surface area contributed by atoms with E-state index in [1.165, 1.54) is 6.92 Å². The maximum absolute atomic E-state index is 12.1. The number of aromatic amines is 1. The van der Waals surface area contributed by atoms with Crippen LogP contribution in [0.25, 0.3) is 11.2 Å². The predicted molar refractivity (Wildman–Crippen MR) is 116 cm³/mol. The Kier molecular flexibility index (Phi) is 7.57. The number of nitrogens with one attached hydrogen (secondary N) is 1. The van der Waals surface area contributed by atoms with Crippen molar-refractivity contribution in [1.29, 1.82) is 0 Å². The average molecular weight is 582 g/mol. The third-order valence-corrected chi connectivity index (χ3v) is 9.16. The zero-order chi connectivity index (χ0) is 26.6. The molecule has 1 aliphatic heterocycles. The van der Waals surface area contributed by atoms with Gasteiger partial charge in [0.15, 0.2) is 17.4 Å². The molecule has 8 N–H and O–H groups in total. The summed E-state index contributed by atoms with van der Waals surface area (Å²) in [6.45, 7) is 4.15. The van der Waals surface area contributed by atoms with Crippen LogP contribution in [0.1, 0.15) is 13.2 Å². The van der Waals surface area contributed by atoms with E-state index in [0.717, 1.165) is 10.9 Å². The Bertz CT molecular complexity index is 1360. The highest BCUT2D eigenvalue weighted by Crippen LogP contribution is 2.66. The highest BCUT2D eigenvalue weighted by molar-refractivity contribution is 7.66. The number of nitrogens with two attached hydrogens (primary N) is 1. The number of aliphatic hydroxyl groups excluding tert-OH is 1. The first kappa shape index (κ1) is 28.1. The lowest BCUT2D eigenvalue weighted by Gasteiger charge is -2.31. The van der Waals surface area contributed by atoms with Crippen molar-refractivity contribution in [1.82, 2.24) is 19.5 Å². The number of H-pyrrole nitrogens is 1. The number of halogens is 1. The van der Waals surface area contributed by atoms with Crippen LogP contribution in [0.3, 0.4) is 0 Å². The molecule has 6 atom stereocenters. The lowest BCUT2D eigenvalue weighted by atomic mass is 9.92. The van der Waals surface area contributed by atoms with Gasteiger partial charge in [-0.15, -0.1) is 11.6 Å². The van der Waals surface area contributed by atoms with Gasteiger partial charge >= 0.3 is 23.5 Å². The number of hydrogen-bond donors (Lipinski definition) is 7. The number of aliphatic hydroxyl groups is 1. The molecule has 0 saturated carbocycles. The molecule has 2 unspecified atom stereocenters. The van der Waals surface area contributed by atoms with Crippen LogP contribution in [0, 0.1) is 0 Å². The molecule has 3 rings (SSSR count). The quantitative estimate of drug-likeness (QED) is 0.115. The van der Waals surface area contributed by atoms with Gasteiger partial charge in [-0.3, -0.25) is 18.9 Å². The van der Waals surface area contributed by atoms with E-state index >= 15 is 0 Å². The Morgan fingerprint density at radius 3 is 2.51 bits per heavy atom. The largest absolute Gasteiger partial charge is 0.490 e. The fourth-order valence-corrected chi connectivity index (χ4v) is 6.53. The van der Waals surface area contributed by atoms with Gasteiger partial charge in [-0.1, -0.05) is 12.2 Å². The summed E-state index contributed by atoms with van der Waals surface area (Å²) in [6, 6.07) is 0. The first-order valence-corrected chi connectivity index (χ1v) is 14.0. The molecule has 0 aliphatic carbocycles. The summed E-state index contributed by atoms with van der Waals surface area (Å²) >= 11 is 6.64. The lowest BCUT2D eigenvalue weighted by Crippen LogP contribution is -2.43. The van der Waals surface area contributed by atoms with Crippen molar-refractivity contribution in [2.75, 3.05) is 12.3 Å². The molecule has 1 saturated heterocycles. The first-order valence-electron chi connectivity index (χ1n) is 9.05. The first-order chi connectivity index (χ1) is 15.9. The molecule has 0 amide bonds. The minimum atomic E-state index is -5.75. The lowest BCUT2D eigenvalue weighted by molar-refractivity contribution is -0.0430. The number of fused-ring (bicyclic) bond motifs is 1. The number of imidazole rings is 1. The van der Waals surface area contributed by atoms with Gasteiger partial charge in [0.1, 0.15) is 17.1 Å². The van der Waals surface area contributed by atoms with E-state index in [1.54, 1.807) is 0 Å². The summed E-state index contributed by atoms with van der Waals surface area (Å²) in [5, 5.41) is 10.8. The van der Waals surface area contributed by atoms with E-state index in [2.05, 4.69) is 34.7 Å². The molecule has 2 aromatic heterocycles. The maximum atomic E-state index is 12.1. The highest BCUT2D eigenvalue weighted by atomic mass is 35.5. The molecule has 18 nitrogen and oxygen atoms in total. The summed E-state index contributed by atoms with van der Waals surface area (Å²) in [7, 11) is -16.8. The smallest absolute Gasteiger partial charge is 0.388 e. The number of nitrogen functional groups attached to an aromatic ring is 1. The van der Waals surface area contributed by atoms with Gasteiger partial charge < -0.3 is 35.2 Å². The van der Waals surface area contributed by atoms with Crippen LogP contribution in [-0.4, -0.2) is 67.9 Å². The zero-order valence-corrected chi connectivity index (χ0v) is 20.8. The predicted octanol–water partition coefficient (Wildman–Crippen LogP) is -0.143.